The van der Waals surface area contributed by atoms with Crippen molar-refractivity contribution in [2.45, 2.75) is 32.9 Å². The van der Waals surface area contributed by atoms with Crippen LogP contribution in [0.1, 0.15) is 26.3 Å². The summed E-state index contributed by atoms with van der Waals surface area (Å²) in [7, 11) is 1.83. The van der Waals surface area contributed by atoms with Crippen molar-refractivity contribution in [2.24, 2.45) is 0 Å². The van der Waals surface area contributed by atoms with Gasteiger partial charge in [0.15, 0.2) is 11.7 Å². The number of piperazine rings is 1. The summed E-state index contributed by atoms with van der Waals surface area (Å²) in [6.07, 6.45) is 0. The second-order valence-corrected chi connectivity index (χ2v) is 8.99. The molecule has 0 radical (unpaired) electrons. The Balaban J connectivity index is 1.70. The van der Waals surface area contributed by atoms with E-state index < -0.39 is 0 Å². The molecule has 1 heterocycles. The third kappa shape index (κ3) is 8.37. The summed E-state index contributed by atoms with van der Waals surface area (Å²) in [5.74, 6) is 0.122. The van der Waals surface area contributed by atoms with E-state index in [4.69, 9.17) is 12.2 Å². The molecule has 0 unspecified atom stereocenters. The summed E-state index contributed by atoms with van der Waals surface area (Å²) in [6, 6.07) is 10.0. The van der Waals surface area contributed by atoms with Gasteiger partial charge in [-0.05, 0) is 38.6 Å². The molecule has 0 aromatic heterocycles. The van der Waals surface area contributed by atoms with E-state index in [-0.39, 0.29) is 23.9 Å². The maximum absolute atomic E-state index is 12.6. The van der Waals surface area contributed by atoms with Crippen LogP contribution < -0.4 is 15.5 Å². The summed E-state index contributed by atoms with van der Waals surface area (Å²) in [5, 5.41) is 6.75. The number of hydrogen-bond donors (Lipinski definition) is 3. The number of rotatable bonds is 6. The minimum atomic E-state index is -0.216. The van der Waals surface area contributed by atoms with E-state index in [9.17, 15) is 9.59 Å². The number of carbonyl (C=O) groups is 2. The quantitative estimate of drug-likeness (QED) is 0.548. The van der Waals surface area contributed by atoms with E-state index in [2.05, 4.69) is 10.6 Å². The Bertz CT molecular complexity index is 697. The number of benzene rings is 1. The average molecular weight is 421 g/mol. The molecule has 1 saturated heterocycles. The van der Waals surface area contributed by atoms with Crippen LogP contribution >= 0.6 is 12.2 Å². The molecule has 1 aliphatic rings. The van der Waals surface area contributed by atoms with E-state index >= 15 is 0 Å². The lowest BCUT2D eigenvalue weighted by Gasteiger charge is -2.33. The Labute approximate surface area is 179 Å². The van der Waals surface area contributed by atoms with Gasteiger partial charge in [0, 0.05) is 19.1 Å². The lowest BCUT2D eigenvalue weighted by atomic mass is 10.1. The SMILES string of the molecule is CN(CC(=O)N1CC[NH+](CC(=O)NC(C)(C)C)CC1)C(=S)NCc1ccccc1. The fourth-order valence-electron chi connectivity index (χ4n) is 3.22. The molecule has 0 spiro atoms. The van der Waals surface area contributed by atoms with E-state index in [1.807, 2.05) is 63.1 Å². The van der Waals surface area contributed by atoms with E-state index in [0.29, 0.717) is 31.3 Å². The topological polar surface area (TPSA) is 69.1 Å². The molecule has 3 N–H and O–H groups in total. The Morgan fingerprint density at radius 2 is 1.79 bits per heavy atom. The number of carbonyl (C=O) groups excluding carboxylic acids is 2. The van der Waals surface area contributed by atoms with Gasteiger partial charge in [0.1, 0.15) is 0 Å². The van der Waals surface area contributed by atoms with Gasteiger partial charge in [-0.1, -0.05) is 30.3 Å². The fourth-order valence-corrected chi connectivity index (χ4v) is 3.36. The van der Waals surface area contributed by atoms with Crippen molar-refractivity contribution in [3.05, 3.63) is 35.9 Å². The zero-order valence-corrected chi connectivity index (χ0v) is 18.8. The van der Waals surface area contributed by atoms with Gasteiger partial charge in [-0.25, -0.2) is 0 Å². The monoisotopic (exact) mass is 420 g/mol. The van der Waals surface area contributed by atoms with Crippen molar-refractivity contribution in [1.82, 2.24) is 20.4 Å². The highest BCUT2D eigenvalue weighted by atomic mass is 32.1. The predicted octanol–water partition coefficient (Wildman–Crippen LogP) is -0.365. The van der Waals surface area contributed by atoms with Crippen LogP contribution in [0.15, 0.2) is 30.3 Å². The first kappa shape index (κ1) is 23.1. The van der Waals surface area contributed by atoms with Gasteiger partial charge in [0.2, 0.25) is 5.91 Å². The normalized spacial score (nSPS) is 15.0. The Morgan fingerprint density at radius 1 is 1.17 bits per heavy atom. The number of quaternary nitrogens is 1. The largest absolute Gasteiger partial charge is 0.358 e. The van der Waals surface area contributed by atoms with Crippen LogP contribution in [0.4, 0.5) is 0 Å². The van der Waals surface area contributed by atoms with Gasteiger partial charge in [-0.3, -0.25) is 9.59 Å². The molecular weight excluding hydrogens is 386 g/mol. The molecular formula is C21H34N5O2S+. The molecule has 0 saturated carbocycles. The summed E-state index contributed by atoms with van der Waals surface area (Å²) in [4.78, 5) is 29.5. The number of amides is 2. The van der Waals surface area contributed by atoms with Crippen molar-refractivity contribution in [2.75, 3.05) is 46.3 Å². The highest BCUT2D eigenvalue weighted by Gasteiger charge is 2.27. The third-order valence-corrected chi connectivity index (χ3v) is 5.21. The minimum Gasteiger partial charge on any atom is -0.358 e. The smallest absolute Gasteiger partial charge is 0.275 e. The number of thiocarbonyl (C=S) groups is 1. The Morgan fingerprint density at radius 3 is 2.38 bits per heavy atom. The molecule has 2 rings (SSSR count). The lowest BCUT2D eigenvalue weighted by molar-refractivity contribution is -0.896. The number of likely N-dealkylation sites (N-methyl/N-ethyl adjacent to an activating group) is 1. The van der Waals surface area contributed by atoms with Crippen LogP contribution in [0.3, 0.4) is 0 Å². The van der Waals surface area contributed by atoms with Crippen LogP contribution in [-0.4, -0.2) is 78.6 Å². The van der Waals surface area contributed by atoms with Crippen molar-refractivity contribution in [3.8, 4) is 0 Å². The molecule has 1 aliphatic heterocycles. The number of nitrogens with zero attached hydrogens (tertiary/aromatic N) is 2. The van der Waals surface area contributed by atoms with E-state index in [1.165, 1.54) is 4.90 Å². The van der Waals surface area contributed by atoms with E-state index in [1.54, 1.807) is 4.90 Å². The molecule has 1 fully saturated rings. The Hall–Kier alpha value is -2.19. The minimum absolute atomic E-state index is 0.0573. The first-order chi connectivity index (χ1) is 13.6. The molecule has 160 valence electrons. The lowest BCUT2D eigenvalue weighted by Crippen LogP contribution is -3.16. The van der Waals surface area contributed by atoms with Gasteiger partial charge in [-0.2, -0.15) is 0 Å². The summed E-state index contributed by atoms with van der Waals surface area (Å²) >= 11 is 5.40. The molecule has 0 aliphatic carbocycles. The second kappa shape index (κ2) is 10.5. The molecule has 0 atom stereocenters. The van der Waals surface area contributed by atoms with E-state index in [0.717, 1.165) is 18.7 Å². The fraction of sp³-hybridized carbons (Fsp3) is 0.571. The van der Waals surface area contributed by atoms with Crippen LogP contribution in [-0.2, 0) is 16.1 Å². The van der Waals surface area contributed by atoms with Crippen molar-refractivity contribution in [1.29, 1.82) is 0 Å². The van der Waals surface area contributed by atoms with Crippen molar-refractivity contribution in [3.63, 3.8) is 0 Å². The molecule has 29 heavy (non-hydrogen) atoms. The first-order valence-corrected chi connectivity index (χ1v) is 10.5. The van der Waals surface area contributed by atoms with Gasteiger partial charge in [0.25, 0.3) is 5.91 Å². The van der Waals surface area contributed by atoms with Crippen LogP contribution in [0, 0.1) is 0 Å². The molecule has 0 bridgehead atoms. The standard InChI is InChI=1S/C21H33N5O2S/c1-21(2,3)23-18(27)15-25-10-12-26(13-11-25)19(28)16-24(4)20(29)22-14-17-8-6-5-7-9-17/h5-9H,10-16H2,1-4H3,(H,22,29)(H,23,27)/p+1. The highest BCUT2D eigenvalue weighted by Crippen LogP contribution is 2.00. The second-order valence-electron chi connectivity index (χ2n) is 8.61. The maximum Gasteiger partial charge on any atom is 0.275 e. The van der Waals surface area contributed by atoms with Crippen LogP contribution in [0.5, 0.6) is 0 Å². The van der Waals surface area contributed by atoms with Gasteiger partial charge < -0.3 is 25.3 Å². The summed E-state index contributed by atoms with van der Waals surface area (Å²) < 4.78 is 0. The molecule has 2 amide bonds. The summed E-state index contributed by atoms with van der Waals surface area (Å²) in [6.45, 7) is 10.2. The summed E-state index contributed by atoms with van der Waals surface area (Å²) in [5.41, 5.74) is 0.926. The molecule has 1 aromatic carbocycles. The Kier molecular flexibility index (Phi) is 8.40. The highest BCUT2D eigenvalue weighted by molar-refractivity contribution is 7.80. The molecule has 7 nitrogen and oxygen atoms in total. The predicted molar refractivity (Wildman–Crippen MR) is 119 cm³/mol. The van der Waals surface area contributed by atoms with Crippen molar-refractivity contribution >= 4 is 29.1 Å². The third-order valence-electron chi connectivity index (χ3n) is 4.75. The van der Waals surface area contributed by atoms with Gasteiger partial charge >= 0.3 is 0 Å². The number of nitrogens with one attached hydrogen (secondary N) is 3. The molecule has 8 heteroatoms. The van der Waals surface area contributed by atoms with Gasteiger partial charge in [-0.15, -0.1) is 0 Å². The van der Waals surface area contributed by atoms with Crippen molar-refractivity contribution < 1.29 is 14.5 Å². The average Bonchev–Trinajstić information content (AvgIpc) is 2.65. The molecule has 1 aromatic rings. The van der Waals surface area contributed by atoms with Crippen LogP contribution in [0.2, 0.25) is 0 Å². The maximum atomic E-state index is 12.6. The zero-order chi connectivity index (χ0) is 21.4. The van der Waals surface area contributed by atoms with Crippen LogP contribution in [0.25, 0.3) is 0 Å². The first-order valence-electron chi connectivity index (χ1n) is 10.1. The van der Waals surface area contributed by atoms with Gasteiger partial charge in [0.05, 0.1) is 32.7 Å². The number of hydrogen-bond acceptors (Lipinski definition) is 3. The zero-order valence-electron chi connectivity index (χ0n) is 18.0.